The van der Waals surface area contributed by atoms with Crippen LogP contribution in [0, 0.1) is 0 Å². The van der Waals surface area contributed by atoms with Crippen molar-refractivity contribution in [3.63, 3.8) is 0 Å². The molecule has 1 N–H and O–H groups in total. The van der Waals surface area contributed by atoms with Crippen LogP contribution in [0.2, 0.25) is 0 Å². The highest BCUT2D eigenvalue weighted by molar-refractivity contribution is 7.56. The van der Waals surface area contributed by atoms with Crippen molar-refractivity contribution in [1.29, 1.82) is 0 Å². The monoisotopic (exact) mass is 165 g/mol. The van der Waals surface area contributed by atoms with Gasteiger partial charge >= 0.3 is 0 Å². The van der Waals surface area contributed by atoms with E-state index in [1.54, 1.807) is 6.66 Å². The molecule has 0 aliphatic heterocycles. The highest BCUT2D eigenvalue weighted by Gasteiger charge is 2.14. The molecule has 0 rings (SSSR count). The Morgan fingerprint density at radius 1 is 1.60 bits per heavy atom. The van der Waals surface area contributed by atoms with Gasteiger partial charge in [0.05, 0.1) is 6.61 Å². The summed E-state index contributed by atoms with van der Waals surface area (Å²) in [6.45, 7) is 7.80. The first-order chi connectivity index (χ1) is 4.48. The summed E-state index contributed by atoms with van der Waals surface area (Å²) in [5.41, 5.74) is 0. The van der Waals surface area contributed by atoms with Gasteiger partial charge in [-0.3, -0.25) is 4.57 Å². The lowest BCUT2D eigenvalue weighted by atomic mass is 10.4. The third kappa shape index (κ3) is 4.98. The number of hydrogen-bond acceptors (Lipinski definition) is 2. The quantitative estimate of drug-likeness (QED) is 0.646. The van der Waals surface area contributed by atoms with Crippen molar-refractivity contribution >= 4 is 7.52 Å². The number of hydrogen-bond donors (Lipinski definition) is 1. The van der Waals surface area contributed by atoms with E-state index < -0.39 is 7.52 Å². The number of rotatable bonds is 4. The molecule has 0 saturated carbocycles. The van der Waals surface area contributed by atoms with E-state index in [1.807, 2.05) is 20.8 Å². The van der Waals surface area contributed by atoms with Crippen molar-refractivity contribution < 1.29 is 9.09 Å². The Hall–Kier alpha value is 0.150. The molecule has 0 radical (unpaired) electrons. The summed E-state index contributed by atoms with van der Waals surface area (Å²) in [4.78, 5) is 0. The lowest BCUT2D eigenvalue weighted by molar-refractivity contribution is 0.326. The first-order valence-electron chi connectivity index (χ1n) is 3.48. The van der Waals surface area contributed by atoms with Crippen LogP contribution in [0.1, 0.15) is 20.8 Å². The molecule has 0 aliphatic carbocycles. The Balaban J connectivity index is 3.75. The summed E-state index contributed by atoms with van der Waals surface area (Å²) in [6, 6.07) is 0.211. The molecule has 0 bridgehead atoms. The maximum absolute atomic E-state index is 11.3. The Bertz CT molecular complexity index is 136. The summed E-state index contributed by atoms with van der Waals surface area (Å²) in [5.74, 6) is 0. The maximum Gasteiger partial charge on any atom is 0.266 e. The van der Waals surface area contributed by atoms with Gasteiger partial charge in [-0.2, -0.15) is 0 Å². The van der Waals surface area contributed by atoms with Crippen molar-refractivity contribution in [2.75, 3.05) is 13.3 Å². The summed E-state index contributed by atoms with van der Waals surface area (Å²) >= 11 is 0. The smallest absolute Gasteiger partial charge is 0.266 e. The molecule has 0 amide bonds. The zero-order valence-electron chi connectivity index (χ0n) is 7.05. The van der Waals surface area contributed by atoms with Crippen LogP contribution in [-0.2, 0) is 9.09 Å². The van der Waals surface area contributed by atoms with Gasteiger partial charge in [-0.05, 0) is 20.8 Å². The van der Waals surface area contributed by atoms with E-state index in [1.165, 1.54) is 0 Å². The largest absolute Gasteiger partial charge is 0.318 e. The Morgan fingerprint density at radius 3 is 2.40 bits per heavy atom. The Labute approximate surface area is 62.7 Å². The van der Waals surface area contributed by atoms with Gasteiger partial charge in [0.25, 0.3) is 7.52 Å². The van der Waals surface area contributed by atoms with Gasteiger partial charge in [0.2, 0.25) is 0 Å². The second kappa shape index (κ2) is 4.12. The third-order valence-electron chi connectivity index (χ3n) is 0.868. The lowest BCUT2D eigenvalue weighted by Gasteiger charge is -2.16. The predicted molar refractivity (Wildman–Crippen MR) is 43.4 cm³/mol. The van der Waals surface area contributed by atoms with Crippen LogP contribution in [0.4, 0.5) is 0 Å². The molecule has 1 atom stereocenters. The van der Waals surface area contributed by atoms with Crippen molar-refractivity contribution in [2.24, 2.45) is 0 Å². The first kappa shape index (κ1) is 10.2. The van der Waals surface area contributed by atoms with Crippen molar-refractivity contribution in [1.82, 2.24) is 5.09 Å². The van der Waals surface area contributed by atoms with Gasteiger partial charge in [0.1, 0.15) is 0 Å². The third-order valence-corrected chi connectivity index (χ3v) is 2.60. The molecule has 0 aromatic heterocycles. The van der Waals surface area contributed by atoms with E-state index >= 15 is 0 Å². The van der Waals surface area contributed by atoms with Gasteiger partial charge in [0, 0.05) is 12.7 Å². The Morgan fingerprint density at radius 2 is 2.10 bits per heavy atom. The van der Waals surface area contributed by atoms with Gasteiger partial charge < -0.3 is 4.52 Å². The molecule has 10 heavy (non-hydrogen) atoms. The van der Waals surface area contributed by atoms with Crippen molar-refractivity contribution in [3.8, 4) is 0 Å². The predicted octanol–water partition coefficient (Wildman–Crippen LogP) is 1.84. The topological polar surface area (TPSA) is 38.3 Å². The highest BCUT2D eigenvalue weighted by Crippen LogP contribution is 2.37. The maximum atomic E-state index is 11.3. The fourth-order valence-corrected chi connectivity index (χ4v) is 2.26. The average Bonchev–Trinajstić information content (AvgIpc) is 1.59. The summed E-state index contributed by atoms with van der Waals surface area (Å²) in [7, 11) is -2.50. The van der Waals surface area contributed by atoms with Gasteiger partial charge in [-0.15, -0.1) is 0 Å². The molecule has 0 aliphatic rings. The first-order valence-corrected chi connectivity index (χ1v) is 5.55. The van der Waals surface area contributed by atoms with Crippen molar-refractivity contribution in [2.45, 2.75) is 26.8 Å². The standard InChI is InChI=1S/C6H16NO2P/c1-5-9-10(4,8)7-6(2)3/h6H,5H2,1-4H3,(H,7,8). The molecule has 0 aromatic carbocycles. The normalized spacial score (nSPS) is 17.3. The van der Waals surface area contributed by atoms with Crippen LogP contribution in [0.3, 0.4) is 0 Å². The second-order valence-electron chi connectivity index (χ2n) is 2.55. The molecule has 0 spiro atoms. The van der Waals surface area contributed by atoms with E-state index in [9.17, 15) is 4.57 Å². The van der Waals surface area contributed by atoms with Crippen LogP contribution >= 0.6 is 7.52 Å². The fraction of sp³-hybridized carbons (Fsp3) is 1.00. The minimum atomic E-state index is -2.50. The molecule has 0 heterocycles. The highest BCUT2D eigenvalue weighted by atomic mass is 31.2. The van der Waals surface area contributed by atoms with Crippen molar-refractivity contribution in [3.05, 3.63) is 0 Å². The zero-order chi connectivity index (χ0) is 8.20. The molecule has 0 fully saturated rings. The van der Waals surface area contributed by atoms with Crippen LogP contribution in [0.15, 0.2) is 0 Å². The van der Waals surface area contributed by atoms with E-state index in [2.05, 4.69) is 5.09 Å². The van der Waals surface area contributed by atoms with Gasteiger partial charge in [-0.1, -0.05) is 0 Å². The van der Waals surface area contributed by atoms with E-state index in [4.69, 9.17) is 4.52 Å². The molecular weight excluding hydrogens is 149 g/mol. The lowest BCUT2D eigenvalue weighted by Crippen LogP contribution is -2.20. The SMILES string of the molecule is CCOP(C)(=O)NC(C)C. The molecule has 62 valence electrons. The molecule has 4 heteroatoms. The minimum Gasteiger partial charge on any atom is -0.318 e. The van der Waals surface area contributed by atoms with E-state index in [-0.39, 0.29) is 6.04 Å². The van der Waals surface area contributed by atoms with Crippen LogP contribution in [-0.4, -0.2) is 19.3 Å². The minimum absolute atomic E-state index is 0.211. The van der Waals surface area contributed by atoms with E-state index in [0.717, 1.165) is 0 Å². The van der Waals surface area contributed by atoms with Crippen LogP contribution in [0.25, 0.3) is 0 Å². The molecule has 0 saturated heterocycles. The second-order valence-corrected chi connectivity index (χ2v) is 4.76. The number of nitrogens with one attached hydrogen (secondary N) is 1. The summed E-state index contributed by atoms with van der Waals surface area (Å²) < 4.78 is 16.3. The average molecular weight is 165 g/mol. The van der Waals surface area contributed by atoms with Gasteiger partial charge in [-0.25, -0.2) is 5.09 Å². The Kier molecular flexibility index (Phi) is 4.18. The van der Waals surface area contributed by atoms with E-state index in [0.29, 0.717) is 6.61 Å². The summed E-state index contributed by atoms with van der Waals surface area (Å²) in [5, 5.41) is 2.85. The molecular formula is C6H16NO2P. The van der Waals surface area contributed by atoms with Crippen LogP contribution in [0.5, 0.6) is 0 Å². The van der Waals surface area contributed by atoms with Gasteiger partial charge in [0.15, 0.2) is 0 Å². The fourth-order valence-electron chi connectivity index (χ4n) is 0.753. The van der Waals surface area contributed by atoms with Crippen LogP contribution < -0.4 is 5.09 Å². The molecule has 3 nitrogen and oxygen atoms in total. The summed E-state index contributed by atoms with van der Waals surface area (Å²) in [6.07, 6.45) is 0. The molecule has 0 aromatic rings. The zero-order valence-corrected chi connectivity index (χ0v) is 7.94. The molecule has 1 unspecified atom stereocenters.